The minimum absolute atomic E-state index is 0.0671. The fourth-order valence-corrected chi connectivity index (χ4v) is 3.17. The summed E-state index contributed by atoms with van der Waals surface area (Å²) < 4.78 is 27.3. The first-order valence-electron chi connectivity index (χ1n) is 6.65. The highest BCUT2D eigenvalue weighted by molar-refractivity contribution is 7.89. The molecule has 0 spiro atoms. The predicted molar refractivity (Wildman–Crippen MR) is 75.7 cm³/mol. The maximum atomic E-state index is 12.4. The molecule has 4 N–H and O–H groups in total. The monoisotopic (exact) mass is 313 g/mol. The van der Waals surface area contributed by atoms with Crippen LogP contribution in [0.5, 0.6) is 0 Å². The fourth-order valence-electron chi connectivity index (χ4n) is 1.83. The highest BCUT2D eigenvalue weighted by atomic mass is 32.2. The summed E-state index contributed by atoms with van der Waals surface area (Å²) in [7, 11) is -3.71. The van der Waals surface area contributed by atoms with Gasteiger partial charge in [-0.25, -0.2) is 13.4 Å². The van der Waals surface area contributed by atoms with Crippen LogP contribution in [0.3, 0.4) is 0 Å². The minimum atomic E-state index is -3.71. The van der Waals surface area contributed by atoms with Gasteiger partial charge in [-0.2, -0.15) is 14.9 Å². The summed E-state index contributed by atoms with van der Waals surface area (Å²) in [6.07, 6.45) is 3.81. The molecule has 0 bridgehead atoms. The molecule has 2 heterocycles. The van der Waals surface area contributed by atoms with Crippen LogP contribution in [0.1, 0.15) is 37.7 Å². The molecule has 1 unspecified atom stereocenters. The van der Waals surface area contributed by atoms with Crippen molar-refractivity contribution in [3.8, 4) is 0 Å². The lowest BCUT2D eigenvalue weighted by atomic mass is 10.3. The van der Waals surface area contributed by atoms with E-state index in [1.54, 1.807) is 6.92 Å². The van der Waals surface area contributed by atoms with Crippen LogP contribution in [0.25, 0.3) is 0 Å². The topological polar surface area (TPSA) is 128 Å². The van der Waals surface area contributed by atoms with Gasteiger partial charge in [-0.15, -0.1) is 0 Å². The number of aromatic nitrogens is 5. The largest absolute Gasteiger partial charge is 0.313 e. The van der Waals surface area contributed by atoms with E-state index >= 15 is 0 Å². The SMILES string of the molecule is CCCNCc1cn[nH]c1S(=O)(=O)NC(C)c1ncn[nH]1. The molecule has 0 radical (unpaired) electrons. The first-order valence-corrected chi connectivity index (χ1v) is 8.13. The van der Waals surface area contributed by atoms with Crippen molar-refractivity contribution in [1.29, 1.82) is 0 Å². The van der Waals surface area contributed by atoms with Crippen molar-refractivity contribution >= 4 is 10.0 Å². The van der Waals surface area contributed by atoms with E-state index in [9.17, 15) is 8.42 Å². The van der Waals surface area contributed by atoms with Crippen LogP contribution in [-0.2, 0) is 16.6 Å². The molecule has 21 heavy (non-hydrogen) atoms. The zero-order chi connectivity index (χ0) is 15.3. The summed E-state index contributed by atoms with van der Waals surface area (Å²) in [5.74, 6) is 0.448. The number of sulfonamides is 1. The van der Waals surface area contributed by atoms with Crippen LogP contribution in [0, 0.1) is 0 Å². The molecule has 2 aromatic rings. The number of hydrogen-bond acceptors (Lipinski definition) is 6. The summed E-state index contributed by atoms with van der Waals surface area (Å²) in [4.78, 5) is 3.93. The number of rotatable bonds is 8. The molecule has 0 saturated heterocycles. The molecule has 1 atom stereocenters. The Bertz CT molecular complexity index is 650. The molecule has 2 aromatic heterocycles. The lowest BCUT2D eigenvalue weighted by Gasteiger charge is -2.12. The Kier molecular flexibility index (Phi) is 5.04. The second-order valence-corrected chi connectivity index (χ2v) is 6.27. The van der Waals surface area contributed by atoms with Gasteiger partial charge in [0.2, 0.25) is 0 Å². The summed E-state index contributed by atoms with van der Waals surface area (Å²) in [6, 6.07) is -0.516. The van der Waals surface area contributed by atoms with Gasteiger partial charge in [-0.3, -0.25) is 10.2 Å². The van der Waals surface area contributed by atoms with Crippen molar-refractivity contribution in [1.82, 2.24) is 35.4 Å². The van der Waals surface area contributed by atoms with Crippen LogP contribution >= 0.6 is 0 Å². The first-order chi connectivity index (χ1) is 10.0. The van der Waals surface area contributed by atoms with Gasteiger partial charge in [0.25, 0.3) is 10.0 Å². The fraction of sp³-hybridized carbons (Fsp3) is 0.545. The number of H-pyrrole nitrogens is 2. The van der Waals surface area contributed by atoms with Crippen LogP contribution in [0.15, 0.2) is 17.6 Å². The molecule has 2 rings (SSSR count). The van der Waals surface area contributed by atoms with E-state index in [1.807, 2.05) is 6.92 Å². The third kappa shape index (κ3) is 3.86. The predicted octanol–water partition coefficient (Wildman–Crippen LogP) is 0.0669. The van der Waals surface area contributed by atoms with Crippen molar-refractivity contribution in [3.05, 3.63) is 23.9 Å². The van der Waals surface area contributed by atoms with Gasteiger partial charge in [0.05, 0.1) is 12.2 Å². The molecule has 0 aliphatic heterocycles. The molecular weight excluding hydrogens is 294 g/mol. The average Bonchev–Trinajstić information content (AvgIpc) is 3.10. The second kappa shape index (κ2) is 6.78. The highest BCUT2D eigenvalue weighted by Crippen LogP contribution is 2.15. The molecule has 116 valence electrons. The van der Waals surface area contributed by atoms with Gasteiger partial charge in [-0.05, 0) is 19.9 Å². The van der Waals surface area contributed by atoms with Gasteiger partial charge in [-0.1, -0.05) is 6.92 Å². The molecular formula is C11H19N7O2S. The number of nitrogens with zero attached hydrogens (tertiary/aromatic N) is 3. The summed E-state index contributed by atoms with van der Waals surface area (Å²) >= 11 is 0. The lowest BCUT2D eigenvalue weighted by Crippen LogP contribution is -2.29. The summed E-state index contributed by atoms with van der Waals surface area (Å²) in [5.41, 5.74) is 0.598. The number of aromatic amines is 2. The molecule has 0 fully saturated rings. The number of nitrogens with one attached hydrogen (secondary N) is 4. The van der Waals surface area contributed by atoms with Crippen LogP contribution in [-0.4, -0.2) is 40.3 Å². The van der Waals surface area contributed by atoms with E-state index in [4.69, 9.17) is 0 Å². The normalized spacial score (nSPS) is 13.4. The van der Waals surface area contributed by atoms with Gasteiger partial charge >= 0.3 is 0 Å². The van der Waals surface area contributed by atoms with Gasteiger partial charge in [0.1, 0.15) is 12.2 Å². The van der Waals surface area contributed by atoms with Crippen LogP contribution in [0.4, 0.5) is 0 Å². The van der Waals surface area contributed by atoms with Gasteiger partial charge in [0, 0.05) is 12.1 Å². The Morgan fingerprint density at radius 1 is 1.33 bits per heavy atom. The van der Waals surface area contributed by atoms with Crippen molar-refractivity contribution in [3.63, 3.8) is 0 Å². The zero-order valence-corrected chi connectivity index (χ0v) is 12.7. The standard InChI is InChI=1S/C11H19N7O2S/c1-3-4-12-5-9-6-14-17-11(9)21(19,20)18-8(2)10-13-7-15-16-10/h6-8,12,18H,3-5H2,1-2H3,(H,14,17)(H,13,15,16). The van der Waals surface area contributed by atoms with Crippen molar-refractivity contribution in [2.24, 2.45) is 0 Å². The molecule has 0 aromatic carbocycles. The first kappa shape index (κ1) is 15.6. The minimum Gasteiger partial charge on any atom is -0.313 e. The molecule has 9 nitrogen and oxygen atoms in total. The Morgan fingerprint density at radius 3 is 2.81 bits per heavy atom. The lowest BCUT2D eigenvalue weighted by molar-refractivity contribution is 0.553. The van der Waals surface area contributed by atoms with E-state index in [2.05, 4.69) is 35.4 Å². The third-order valence-electron chi connectivity index (χ3n) is 2.86. The van der Waals surface area contributed by atoms with E-state index in [-0.39, 0.29) is 5.03 Å². The molecule has 10 heteroatoms. The van der Waals surface area contributed by atoms with E-state index in [1.165, 1.54) is 12.5 Å². The van der Waals surface area contributed by atoms with Crippen LogP contribution in [0.2, 0.25) is 0 Å². The second-order valence-electron chi connectivity index (χ2n) is 4.61. The van der Waals surface area contributed by atoms with Crippen molar-refractivity contribution in [2.75, 3.05) is 6.54 Å². The molecule has 0 aliphatic carbocycles. The van der Waals surface area contributed by atoms with E-state index in [0.717, 1.165) is 13.0 Å². The quantitative estimate of drug-likeness (QED) is 0.510. The Balaban J connectivity index is 2.11. The zero-order valence-electron chi connectivity index (χ0n) is 11.9. The Morgan fingerprint density at radius 2 is 2.14 bits per heavy atom. The van der Waals surface area contributed by atoms with E-state index in [0.29, 0.717) is 17.9 Å². The maximum absolute atomic E-state index is 12.4. The Labute approximate surface area is 123 Å². The highest BCUT2D eigenvalue weighted by Gasteiger charge is 2.24. The maximum Gasteiger partial charge on any atom is 0.258 e. The third-order valence-corrected chi connectivity index (χ3v) is 4.42. The van der Waals surface area contributed by atoms with E-state index < -0.39 is 16.1 Å². The number of hydrogen-bond donors (Lipinski definition) is 4. The van der Waals surface area contributed by atoms with Gasteiger partial charge < -0.3 is 5.32 Å². The van der Waals surface area contributed by atoms with Crippen molar-refractivity contribution in [2.45, 2.75) is 37.9 Å². The Hall–Kier alpha value is -1.78. The van der Waals surface area contributed by atoms with Crippen LogP contribution < -0.4 is 10.0 Å². The van der Waals surface area contributed by atoms with Crippen molar-refractivity contribution < 1.29 is 8.42 Å². The van der Waals surface area contributed by atoms with Gasteiger partial charge in [0.15, 0.2) is 5.03 Å². The molecule has 0 aliphatic rings. The summed E-state index contributed by atoms with van der Waals surface area (Å²) in [6.45, 7) is 4.98. The molecule has 0 amide bonds. The summed E-state index contributed by atoms with van der Waals surface area (Å²) in [5, 5.41) is 15.9. The molecule has 0 saturated carbocycles. The average molecular weight is 313 g/mol. The smallest absolute Gasteiger partial charge is 0.258 e.